The maximum Gasteiger partial charge on any atom is 0.270 e. The number of halogens is 2. The van der Waals surface area contributed by atoms with Gasteiger partial charge in [0.2, 0.25) is 0 Å². The number of nitrogens with zero attached hydrogens (tertiary/aromatic N) is 4. The van der Waals surface area contributed by atoms with E-state index < -0.39 is 0 Å². The fourth-order valence-electron chi connectivity index (χ4n) is 2.48. The molecule has 0 N–H and O–H groups in total. The molecule has 0 spiro atoms. The first-order chi connectivity index (χ1) is 12.6. The van der Waals surface area contributed by atoms with E-state index in [2.05, 4.69) is 26.0 Å². The minimum atomic E-state index is -0.315. The summed E-state index contributed by atoms with van der Waals surface area (Å²) in [5, 5.41) is 4.73. The summed E-state index contributed by atoms with van der Waals surface area (Å²) in [6.45, 7) is 0.952. The number of amides is 1. The summed E-state index contributed by atoms with van der Waals surface area (Å²) in [6.07, 6.45) is 3.54. The molecule has 0 atom stereocenters. The summed E-state index contributed by atoms with van der Waals surface area (Å²) < 4.78 is 16.9. The first-order valence-electron chi connectivity index (χ1n) is 7.71. The molecule has 26 heavy (non-hydrogen) atoms. The number of hydrogen-bond acceptors (Lipinski definition) is 5. The van der Waals surface area contributed by atoms with Gasteiger partial charge in [0.1, 0.15) is 5.82 Å². The van der Waals surface area contributed by atoms with Gasteiger partial charge < -0.3 is 0 Å². The molecule has 0 saturated carbocycles. The Kier molecular flexibility index (Phi) is 4.84. The molecule has 1 aromatic carbocycles. The Hall–Kier alpha value is -2.10. The van der Waals surface area contributed by atoms with Crippen LogP contribution in [0.1, 0.15) is 9.67 Å². The third-order valence-corrected chi connectivity index (χ3v) is 6.36. The second-order valence-electron chi connectivity index (χ2n) is 5.44. The van der Waals surface area contributed by atoms with Gasteiger partial charge in [0.15, 0.2) is 5.13 Å². The van der Waals surface area contributed by atoms with Crippen LogP contribution in [0.5, 0.6) is 0 Å². The highest BCUT2D eigenvalue weighted by molar-refractivity contribution is 9.11. The van der Waals surface area contributed by atoms with Gasteiger partial charge in [-0.2, -0.15) is 5.10 Å². The van der Waals surface area contributed by atoms with E-state index in [1.54, 1.807) is 27.9 Å². The predicted octanol–water partition coefficient (Wildman–Crippen LogP) is 4.80. The summed E-state index contributed by atoms with van der Waals surface area (Å²) in [5.74, 6) is -0.448. The van der Waals surface area contributed by atoms with Crippen molar-refractivity contribution in [3.8, 4) is 0 Å². The molecule has 0 unspecified atom stereocenters. The monoisotopic (exact) mass is 450 g/mol. The Bertz CT molecular complexity index is 1060. The van der Waals surface area contributed by atoms with E-state index >= 15 is 0 Å². The van der Waals surface area contributed by atoms with E-state index in [1.165, 1.54) is 34.8 Å². The largest absolute Gasteiger partial charge is 0.281 e. The van der Waals surface area contributed by atoms with Gasteiger partial charge >= 0.3 is 0 Å². The minimum absolute atomic E-state index is 0.132. The number of thiophene rings is 1. The van der Waals surface area contributed by atoms with Gasteiger partial charge in [-0.3, -0.25) is 14.4 Å². The number of anilines is 1. The van der Waals surface area contributed by atoms with Gasteiger partial charge in [0.25, 0.3) is 5.91 Å². The molecule has 0 aliphatic rings. The highest BCUT2D eigenvalue weighted by Crippen LogP contribution is 2.31. The number of benzene rings is 1. The molecule has 1 amide bonds. The zero-order valence-electron chi connectivity index (χ0n) is 13.3. The number of aromatic nitrogens is 3. The summed E-state index contributed by atoms with van der Waals surface area (Å²) >= 11 is 6.07. The fraction of sp³-hybridized carbons (Fsp3) is 0.118. The van der Waals surface area contributed by atoms with Crippen molar-refractivity contribution in [3.63, 3.8) is 0 Å². The number of carbonyl (C=O) groups excluding carboxylic acids is 1. The molecule has 9 heteroatoms. The van der Waals surface area contributed by atoms with Crippen LogP contribution in [0, 0.1) is 5.82 Å². The van der Waals surface area contributed by atoms with Crippen LogP contribution in [0.2, 0.25) is 0 Å². The number of rotatable bonds is 5. The lowest BCUT2D eigenvalue weighted by molar-refractivity contribution is 0.0989. The SMILES string of the molecule is O=C(c1ccc(Br)s1)N(CCn1cccn1)c1nc2ccc(F)cc2s1. The second kappa shape index (κ2) is 7.26. The summed E-state index contributed by atoms with van der Waals surface area (Å²) in [5.41, 5.74) is 0.677. The van der Waals surface area contributed by atoms with Crippen LogP contribution in [0.15, 0.2) is 52.6 Å². The zero-order valence-corrected chi connectivity index (χ0v) is 16.5. The molecule has 4 aromatic rings. The number of fused-ring (bicyclic) bond motifs is 1. The van der Waals surface area contributed by atoms with Crippen LogP contribution in [0.4, 0.5) is 9.52 Å². The molecule has 4 rings (SSSR count). The van der Waals surface area contributed by atoms with Crippen LogP contribution < -0.4 is 4.90 Å². The highest BCUT2D eigenvalue weighted by Gasteiger charge is 2.22. The van der Waals surface area contributed by atoms with Crippen LogP contribution in [0.3, 0.4) is 0 Å². The molecular formula is C17H12BrFN4OS2. The van der Waals surface area contributed by atoms with Crippen molar-refractivity contribution in [1.82, 2.24) is 14.8 Å². The first kappa shape index (κ1) is 17.3. The molecule has 0 bridgehead atoms. The van der Waals surface area contributed by atoms with Crippen molar-refractivity contribution in [3.05, 3.63) is 63.3 Å². The van der Waals surface area contributed by atoms with Gasteiger partial charge in [0.05, 0.1) is 25.4 Å². The lowest BCUT2D eigenvalue weighted by Gasteiger charge is -2.19. The smallest absolute Gasteiger partial charge is 0.270 e. The normalized spacial score (nSPS) is 11.2. The van der Waals surface area contributed by atoms with E-state index in [4.69, 9.17) is 0 Å². The molecule has 3 aromatic heterocycles. The topological polar surface area (TPSA) is 51.0 Å². The summed E-state index contributed by atoms with van der Waals surface area (Å²) in [6, 6.07) is 9.90. The van der Waals surface area contributed by atoms with Gasteiger partial charge in [-0.1, -0.05) is 11.3 Å². The Labute approximate surface area is 164 Å². The number of carbonyl (C=O) groups is 1. The molecule has 5 nitrogen and oxygen atoms in total. The van der Waals surface area contributed by atoms with Crippen molar-refractivity contribution in [2.75, 3.05) is 11.4 Å². The van der Waals surface area contributed by atoms with Crippen molar-refractivity contribution < 1.29 is 9.18 Å². The molecule has 0 aliphatic heterocycles. The molecule has 3 heterocycles. The van der Waals surface area contributed by atoms with Crippen molar-refractivity contribution in [2.24, 2.45) is 0 Å². The molecular weight excluding hydrogens is 439 g/mol. The average molecular weight is 451 g/mol. The second-order valence-corrected chi connectivity index (χ2v) is 8.91. The van der Waals surface area contributed by atoms with Gasteiger partial charge in [0, 0.05) is 18.9 Å². The van der Waals surface area contributed by atoms with Crippen LogP contribution in [-0.2, 0) is 6.54 Å². The van der Waals surface area contributed by atoms with Crippen LogP contribution in [-0.4, -0.2) is 27.2 Å². The van der Waals surface area contributed by atoms with Crippen LogP contribution >= 0.6 is 38.6 Å². The van der Waals surface area contributed by atoms with Gasteiger partial charge in [-0.05, 0) is 52.3 Å². The van der Waals surface area contributed by atoms with Crippen LogP contribution in [0.25, 0.3) is 10.2 Å². The Balaban J connectivity index is 1.69. The third-order valence-electron chi connectivity index (χ3n) is 3.71. The molecule has 0 saturated heterocycles. The third kappa shape index (κ3) is 3.55. The minimum Gasteiger partial charge on any atom is -0.281 e. The molecule has 0 radical (unpaired) electrons. The van der Waals surface area contributed by atoms with Crippen molar-refractivity contribution in [1.29, 1.82) is 0 Å². The first-order valence-corrected chi connectivity index (χ1v) is 10.1. The Morgan fingerprint density at radius 3 is 2.88 bits per heavy atom. The lowest BCUT2D eigenvalue weighted by atomic mass is 10.3. The standard InChI is InChI=1S/C17H12BrFN4OS2/c18-15-5-4-13(25-15)16(24)23(9-8-22-7-1-6-20-22)17-21-12-3-2-11(19)10-14(12)26-17/h1-7,10H,8-9H2. The maximum absolute atomic E-state index is 13.5. The van der Waals surface area contributed by atoms with E-state index in [9.17, 15) is 9.18 Å². The maximum atomic E-state index is 13.5. The van der Waals surface area contributed by atoms with Crippen molar-refractivity contribution >= 4 is 59.9 Å². The Morgan fingerprint density at radius 1 is 1.27 bits per heavy atom. The van der Waals surface area contributed by atoms with E-state index in [-0.39, 0.29) is 11.7 Å². The number of hydrogen-bond donors (Lipinski definition) is 0. The van der Waals surface area contributed by atoms with Gasteiger partial charge in [-0.25, -0.2) is 9.37 Å². The lowest BCUT2D eigenvalue weighted by Crippen LogP contribution is -2.33. The molecule has 0 fully saturated rings. The summed E-state index contributed by atoms with van der Waals surface area (Å²) in [7, 11) is 0. The Morgan fingerprint density at radius 2 is 2.15 bits per heavy atom. The molecule has 132 valence electrons. The highest BCUT2D eigenvalue weighted by atomic mass is 79.9. The van der Waals surface area contributed by atoms with Gasteiger partial charge in [-0.15, -0.1) is 11.3 Å². The van der Waals surface area contributed by atoms with E-state index in [1.807, 2.05) is 18.3 Å². The van der Waals surface area contributed by atoms with E-state index in [0.29, 0.717) is 33.3 Å². The van der Waals surface area contributed by atoms with E-state index in [0.717, 1.165) is 3.79 Å². The summed E-state index contributed by atoms with van der Waals surface area (Å²) in [4.78, 5) is 19.8. The molecule has 0 aliphatic carbocycles. The zero-order chi connectivity index (χ0) is 18.1. The van der Waals surface area contributed by atoms with Crippen molar-refractivity contribution in [2.45, 2.75) is 6.54 Å². The predicted molar refractivity (Wildman–Crippen MR) is 106 cm³/mol. The average Bonchev–Trinajstić information content (AvgIpc) is 3.35. The number of thiazole rings is 1. The quantitative estimate of drug-likeness (QED) is 0.438. The fourth-order valence-corrected chi connectivity index (χ4v) is 4.83.